The van der Waals surface area contributed by atoms with E-state index in [1.165, 1.54) is 17.4 Å². The number of hydrogen-bond acceptors (Lipinski definition) is 6. The van der Waals surface area contributed by atoms with Gasteiger partial charge in [0.2, 0.25) is 0 Å². The van der Waals surface area contributed by atoms with Crippen molar-refractivity contribution in [3.63, 3.8) is 0 Å². The molecule has 0 saturated carbocycles. The highest BCUT2D eigenvalue weighted by molar-refractivity contribution is 7.16. The van der Waals surface area contributed by atoms with Crippen molar-refractivity contribution in [2.75, 3.05) is 14.7 Å². The fourth-order valence-corrected chi connectivity index (χ4v) is 9.46. The molecule has 0 bridgehead atoms. The summed E-state index contributed by atoms with van der Waals surface area (Å²) in [7, 11) is 0. The predicted octanol–water partition coefficient (Wildman–Crippen LogP) is 17.2. The van der Waals surface area contributed by atoms with Gasteiger partial charge in [-0.3, -0.25) is 0 Å². The molecule has 0 spiro atoms. The third-order valence-corrected chi connectivity index (χ3v) is 13.0. The Balaban J connectivity index is 0.954. The smallest absolute Gasteiger partial charge is 0.346 e. The molecule has 1 aromatic heterocycles. The zero-order valence-electron chi connectivity index (χ0n) is 37.4. The van der Waals surface area contributed by atoms with Crippen LogP contribution in [0.15, 0.2) is 260 Å². The Morgan fingerprint density at radius 1 is 0.362 bits per heavy atom. The monoisotopic (exact) mass is 908 g/mol. The highest BCUT2D eigenvalue weighted by Crippen LogP contribution is 2.41. The zero-order chi connectivity index (χ0) is 46.9. The minimum atomic E-state index is -1.24. The lowest BCUT2D eigenvalue weighted by atomic mass is 10.0. The molecule has 0 aliphatic carbocycles. The fourth-order valence-electron chi connectivity index (χ4n) is 8.51. The molecule has 7 heteroatoms. The molecule has 1 N–H and O–H groups in total. The highest BCUT2D eigenvalue weighted by Gasteiger charge is 2.17. The molecule has 0 saturated heterocycles. The van der Waals surface area contributed by atoms with Gasteiger partial charge in [-0.2, -0.15) is 5.26 Å². The number of carboxylic acid groups (broad SMARTS) is 1. The molecule has 1 heterocycles. The molecule has 0 aliphatic heterocycles. The number of carbonyl (C=O) groups is 1. The molecule has 0 aliphatic rings. The van der Waals surface area contributed by atoms with Crippen LogP contribution in [0.3, 0.4) is 0 Å². The van der Waals surface area contributed by atoms with E-state index >= 15 is 0 Å². The molecule has 10 rings (SSSR count). The van der Waals surface area contributed by atoms with E-state index in [1.807, 2.05) is 36.4 Å². The number of hydrogen-bond donors (Lipinski definition) is 1. The number of aliphatic carboxylic acids is 1. The van der Waals surface area contributed by atoms with Crippen LogP contribution in [0.2, 0.25) is 0 Å². The van der Waals surface area contributed by atoms with Crippen LogP contribution in [-0.4, -0.2) is 11.1 Å². The van der Waals surface area contributed by atoms with E-state index in [0.717, 1.165) is 83.9 Å². The van der Waals surface area contributed by atoms with Crippen LogP contribution in [0.4, 0.5) is 51.2 Å². The SMILES string of the molecule is N#C/C(=C\c1ccc(-c2ccc(N(c3ccc(-c4ccc(N(c5ccccc5)c5ccccc5)cc4)cc3)c3ccc(-c4ccc(N(c5ccccc5)c5ccccc5)cc4)cc3)cc2)s1)C(=O)O. The molecule has 69 heavy (non-hydrogen) atoms. The third kappa shape index (κ3) is 9.70. The lowest BCUT2D eigenvalue weighted by Gasteiger charge is -2.26. The largest absolute Gasteiger partial charge is 0.477 e. The molecule has 6 nitrogen and oxygen atoms in total. The fraction of sp³-hybridized carbons (Fsp3) is 0. The number of carboxylic acids is 1. The first-order valence-electron chi connectivity index (χ1n) is 22.6. The number of nitrogens with zero attached hydrogens (tertiary/aromatic N) is 4. The van der Waals surface area contributed by atoms with Crippen molar-refractivity contribution in [2.24, 2.45) is 0 Å². The van der Waals surface area contributed by atoms with Gasteiger partial charge in [-0.15, -0.1) is 11.3 Å². The Bertz CT molecular complexity index is 3120. The summed E-state index contributed by atoms with van der Waals surface area (Å²) in [6.07, 6.45) is 1.41. The van der Waals surface area contributed by atoms with E-state index in [-0.39, 0.29) is 5.57 Å². The lowest BCUT2D eigenvalue weighted by molar-refractivity contribution is -0.132. The number of rotatable bonds is 14. The second kappa shape index (κ2) is 20.1. The minimum Gasteiger partial charge on any atom is -0.477 e. The number of nitriles is 1. The van der Waals surface area contributed by atoms with E-state index in [4.69, 9.17) is 0 Å². The highest BCUT2D eigenvalue weighted by atomic mass is 32.1. The first-order chi connectivity index (χ1) is 34.0. The van der Waals surface area contributed by atoms with Crippen LogP contribution >= 0.6 is 11.3 Å². The summed E-state index contributed by atoms with van der Waals surface area (Å²) in [6.45, 7) is 0. The average Bonchev–Trinajstić information content (AvgIpc) is 3.89. The number of para-hydroxylation sites is 4. The van der Waals surface area contributed by atoms with E-state index in [1.54, 1.807) is 6.07 Å². The molecular formula is C62H44N4O2S. The van der Waals surface area contributed by atoms with Crippen LogP contribution in [0.5, 0.6) is 0 Å². The minimum absolute atomic E-state index is 0.295. The molecule has 330 valence electrons. The maximum atomic E-state index is 11.5. The third-order valence-electron chi connectivity index (χ3n) is 11.9. The van der Waals surface area contributed by atoms with E-state index in [0.29, 0.717) is 4.88 Å². The standard InChI is InChI=1S/C62H44N4O2S/c63-44-50(62(67)68)43-60-41-42-61(69-60)49-29-39-59(40-30-49)66(57-35-25-47(26-36-57)45-21-31-55(32-22-45)64(51-13-5-1-6-14-51)52-15-7-2-8-16-52)58-37-27-48(28-38-58)46-23-33-56(34-24-46)65(53-17-9-3-10-18-53)54-19-11-4-12-20-54/h1-43H,(H,67,68)/b50-43+. The van der Waals surface area contributed by atoms with Gasteiger partial charge >= 0.3 is 5.97 Å². The second-order valence-electron chi connectivity index (χ2n) is 16.3. The van der Waals surface area contributed by atoms with Gasteiger partial charge in [0, 0.05) is 60.9 Å². The number of benzene rings is 9. The maximum Gasteiger partial charge on any atom is 0.346 e. The second-order valence-corrected chi connectivity index (χ2v) is 17.4. The molecule has 0 atom stereocenters. The summed E-state index contributed by atoms with van der Waals surface area (Å²) in [6, 6.07) is 90.5. The Hall–Kier alpha value is -9.22. The quantitative estimate of drug-likeness (QED) is 0.0866. The summed E-state index contributed by atoms with van der Waals surface area (Å²) < 4.78 is 0. The van der Waals surface area contributed by atoms with Crippen molar-refractivity contribution in [1.82, 2.24) is 0 Å². The van der Waals surface area contributed by atoms with Crippen molar-refractivity contribution in [2.45, 2.75) is 0 Å². The number of thiophene rings is 1. The first kappa shape index (κ1) is 43.7. The van der Waals surface area contributed by atoms with Crippen LogP contribution < -0.4 is 14.7 Å². The summed E-state index contributed by atoms with van der Waals surface area (Å²) >= 11 is 1.44. The topological polar surface area (TPSA) is 70.8 Å². The van der Waals surface area contributed by atoms with Gasteiger partial charge < -0.3 is 19.8 Å². The van der Waals surface area contributed by atoms with Crippen LogP contribution in [-0.2, 0) is 4.79 Å². The van der Waals surface area contributed by atoms with Crippen molar-refractivity contribution in [3.05, 3.63) is 265 Å². The zero-order valence-corrected chi connectivity index (χ0v) is 38.2. The molecule has 0 radical (unpaired) electrons. The summed E-state index contributed by atoms with van der Waals surface area (Å²) in [5.74, 6) is -1.24. The normalized spacial score (nSPS) is 11.1. The molecule has 0 amide bonds. The average molecular weight is 909 g/mol. The molecule has 0 fully saturated rings. The summed E-state index contributed by atoms with van der Waals surface area (Å²) in [5.41, 5.74) is 14.6. The Kier molecular flexibility index (Phi) is 12.7. The Morgan fingerprint density at radius 2 is 0.623 bits per heavy atom. The van der Waals surface area contributed by atoms with Gasteiger partial charge in [-0.1, -0.05) is 133 Å². The van der Waals surface area contributed by atoms with Gasteiger partial charge in [0.05, 0.1) is 0 Å². The summed E-state index contributed by atoms with van der Waals surface area (Å²) in [5, 5.41) is 18.7. The predicted molar refractivity (Wildman–Crippen MR) is 286 cm³/mol. The van der Waals surface area contributed by atoms with Gasteiger partial charge in [0.25, 0.3) is 0 Å². The first-order valence-corrected chi connectivity index (χ1v) is 23.4. The molecule has 0 unspecified atom stereocenters. The molecule has 10 aromatic rings. The van der Waals surface area contributed by atoms with Crippen molar-refractivity contribution >= 4 is 74.6 Å². The molecular weight excluding hydrogens is 865 g/mol. The maximum absolute atomic E-state index is 11.5. The van der Waals surface area contributed by atoms with Crippen LogP contribution in [0.25, 0.3) is 38.8 Å². The van der Waals surface area contributed by atoms with E-state index in [2.05, 4.69) is 233 Å². The van der Waals surface area contributed by atoms with Gasteiger partial charge in [-0.05, 0) is 155 Å². The van der Waals surface area contributed by atoms with E-state index < -0.39 is 5.97 Å². The summed E-state index contributed by atoms with van der Waals surface area (Å²) in [4.78, 5) is 19.9. The van der Waals surface area contributed by atoms with Gasteiger partial charge in [0.1, 0.15) is 11.6 Å². The number of anilines is 9. The van der Waals surface area contributed by atoms with Gasteiger partial charge in [-0.25, -0.2) is 4.79 Å². The van der Waals surface area contributed by atoms with Crippen LogP contribution in [0, 0.1) is 11.3 Å². The van der Waals surface area contributed by atoms with Crippen molar-refractivity contribution in [1.29, 1.82) is 5.26 Å². The van der Waals surface area contributed by atoms with Crippen molar-refractivity contribution < 1.29 is 9.90 Å². The Labute approximate surface area is 406 Å². The van der Waals surface area contributed by atoms with Gasteiger partial charge in [0.15, 0.2) is 0 Å². The van der Waals surface area contributed by atoms with Crippen molar-refractivity contribution in [3.8, 4) is 38.8 Å². The lowest BCUT2D eigenvalue weighted by Crippen LogP contribution is -2.10. The molecule has 9 aromatic carbocycles. The Morgan fingerprint density at radius 3 is 0.884 bits per heavy atom. The van der Waals surface area contributed by atoms with E-state index in [9.17, 15) is 15.2 Å². The van der Waals surface area contributed by atoms with Crippen LogP contribution in [0.1, 0.15) is 4.88 Å².